The number of aliphatic hydroxyl groups excluding tert-OH is 2. The highest BCUT2D eigenvalue weighted by molar-refractivity contribution is 7.60. The summed E-state index contributed by atoms with van der Waals surface area (Å²) >= 11 is 0. The normalized spacial score (nSPS) is 28.5. The molecule has 27 heavy (non-hydrogen) atoms. The van der Waals surface area contributed by atoms with Gasteiger partial charge in [-0.1, -0.05) is 0 Å². The molecule has 16 nitrogen and oxygen atoms in total. The number of hydrogen-bond donors (Lipinski definition) is 6. The molecule has 3 rings (SSSR count). The number of phosphoric ester groups is 1. The average Bonchev–Trinajstić information content (AvgIpc) is 3.07. The highest BCUT2D eigenvalue weighted by atomic mass is 31.3. The van der Waals surface area contributed by atoms with Crippen molar-refractivity contribution < 1.29 is 47.6 Å². The number of nitrogen functional groups attached to an aromatic ring is 1. The molecule has 2 aromatic heterocycles. The molecule has 1 unspecified atom stereocenters. The highest BCUT2D eigenvalue weighted by Crippen LogP contribution is 2.57. The van der Waals surface area contributed by atoms with Crippen LogP contribution < -0.4 is 5.73 Å². The van der Waals surface area contributed by atoms with Crippen LogP contribution in [0.4, 0.5) is 5.82 Å². The fourth-order valence-corrected chi connectivity index (χ4v) is 4.00. The molecule has 0 aliphatic carbocycles. The third-order valence-corrected chi connectivity index (χ3v) is 5.68. The molecule has 0 aromatic carbocycles. The molecule has 7 N–H and O–H groups in total. The van der Waals surface area contributed by atoms with Gasteiger partial charge in [-0.2, -0.15) is 4.31 Å². The summed E-state index contributed by atoms with van der Waals surface area (Å²) in [5.74, 6) is -0.0255. The molecule has 5 atom stereocenters. The standard InChI is InChI=1S/C9H14N6O10P2/c10-7-4-8(13-14-12-7)15(2-11-4)9-6(17)5(16)3(24-9)1-23-27(21,22)25-26(18,19)20/h2-3,5-6,9,16-17H,1H2,(H,21,22)(H2,10,12,13)(H2,18,19,20)/t3-,5-,6-,9-/m1/s1. The summed E-state index contributed by atoms with van der Waals surface area (Å²) in [6.45, 7) is -0.829. The lowest BCUT2D eigenvalue weighted by atomic mass is 10.1. The first-order valence-electron chi connectivity index (χ1n) is 7.06. The number of imidazole rings is 1. The molecule has 3 heterocycles. The summed E-state index contributed by atoms with van der Waals surface area (Å²) in [5.41, 5.74) is 5.87. The summed E-state index contributed by atoms with van der Waals surface area (Å²) in [5, 5.41) is 30.9. The van der Waals surface area contributed by atoms with Gasteiger partial charge in [0.1, 0.15) is 18.3 Å². The zero-order chi connectivity index (χ0) is 20.0. The van der Waals surface area contributed by atoms with Gasteiger partial charge in [0.15, 0.2) is 23.2 Å². The SMILES string of the molecule is Nc1nnnc2c1ncn2[C@@H]1O[C@H](COP(=O)(O)OP(=O)(O)O)[C@@H](O)[C@H]1O. The lowest BCUT2D eigenvalue weighted by Gasteiger charge is -2.17. The second kappa shape index (κ2) is 7.10. The molecule has 150 valence electrons. The van der Waals surface area contributed by atoms with E-state index < -0.39 is 46.8 Å². The molecule has 1 aliphatic rings. The fourth-order valence-electron chi connectivity index (χ4n) is 2.40. The molecule has 1 aliphatic heterocycles. The number of aliphatic hydroxyl groups is 2. The van der Waals surface area contributed by atoms with E-state index in [1.807, 2.05) is 0 Å². The lowest BCUT2D eigenvalue weighted by molar-refractivity contribution is -0.0503. The Hall–Kier alpha value is -1.58. The van der Waals surface area contributed by atoms with Crippen LogP contribution in [0.3, 0.4) is 0 Å². The number of hydrogen-bond acceptors (Lipinski definition) is 12. The molecule has 0 saturated carbocycles. The van der Waals surface area contributed by atoms with Crippen LogP contribution in [0.5, 0.6) is 0 Å². The van der Waals surface area contributed by atoms with Gasteiger partial charge in [-0.15, -0.1) is 10.2 Å². The number of aromatic nitrogens is 5. The molecule has 0 amide bonds. The second-order valence-corrected chi connectivity index (χ2v) is 8.21. The van der Waals surface area contributed by atoms with Crippen LogP contribution in [0.2, 0.25) is 0 Å². The largest absolute Gasteiger partial charge is 0.481 e. The molecule has 2 aromatic rings. The van der Waals surface area contributed by atoms with Crippen molar-refractivity contribution in [2.24, 2.45) is 0 Å². The maximum Gasteiger partial charge on any atom is 0.481 e. The predicted octanol–water partition coefficient (Wildman–Crippen LogP) is -2.35. The van der Waals surface area contributed by atoms with Gasteiger partial charge in [-0.05, 0) is 5.21 Å². The number of anilines is 1. The van der Waals surface area contributed by atoms with Crippen molar-refractivity contribution in [3.05, 3.63) is 6.33 Å². The maximum absolute atomic E-state index is 11.5. The van der Waals surface area contributed by atoms with E-state index in [0.717, 1.165) is 0 Å². The van der Waals surface area contributed by atoms with Crippen LogP contribution in [0, 0.1) is 0 Å². The van der Waals surface area contributed by atoms with Crippen LogP contribution in [-0.4, -0.2) is 74.8 Å². The molecule has 0 spiro atoms. The number of fused-ring (bicyclic) bond motifs is 1. The molecule has 1 fully saturated rings. The Labute approximate surface area is 149 Å². The molecule has 0 bridgehead atoms. The first-order chi connectivity index (χ1) is 12.5. The molecule has 0 radical (unpaired) electrons. The average molecular weight is 428 g/mol. The summed E-state index contributed by atoms with van der Waals surface area (Å²) in [6.07, 6.45) is -4.51. The lowest BCUT2D eigenvalue weighted by Crippen LogP contribution is -2.33. The molecular formula is C9H14N6O10P2. The number of phosphoric acid groups is 2. The Kier molecular flexibility index (Phi) is 5.31. The van der Waals surface area contributed by atoms with Gasteiger partial charge in [0, 0.05) is 0 Å². The van der Waals surface area contributed by atoms with Crippen molar-refractivity contribution in [1.82, 2.24) is 25.0 Å². The van der Waals surface area contributed by atoms with Crippen molar-refractivity contribution >= 4 is 32.6 Å². The van der Waals surface area contributed by atoms with Crippen LogP contribution in [0.15, 0.2) is 6.33 Å². The van der Waals surface area contributed by atoms with Gasteiger partial charge in [0.2, 0.25) is 0 Å². The summed E-state index contributed by atoms with van der Waals surface area (Å²) < 4.78 is 36.7. The van der Waals surface area contributed by atoms with Crippen molar-refractivity contribution in [3.8, 4) is 0 Å². The molecular weight excluding hydrogens is 414 g/mol. The number of nitrogens with zero attached hydrogens (tertiary/aromatic N) is 5. The van der Waals surface area contributed by atoms with Crippen molar-refractivity contribution in [2.45, 2.75) is 24.5 Å². The van der Waals surface area contributed by atoms with Crippen LogP contribution >= 0.6 is 15.6 Å². The number of rotatable bonds is 6. The fraction of sp³-hybridized carbons (Fsp3) is 0.556. The molecule has 18 heteroatoms. The molecule has 1 saturated heterocycles. The van der Waals surface area contributed by atoms with Gasteiger partial charge < -0.3 is 35.4 Å². The third kappa shape index (κ3) is 4.30. The minimum absolute atomic E-state index is 0.0255. The Balaban J connectivity index is 1.75. The summed E-state index contributed by atoms with van der Waals surface area (Å²) in [6, 6.07) is 0. The van der Waals surface area contributed by atoms with E-state index in [1.165, 1.54) is 10.9 Å². The van der Waals surface area contributed by atoms with Gasteiger partial charge >= 0.3 is 15.6 Å². The monoisotopic (exact) mass is 428 g/mol. The first-order valence-corrected chi connectivity index (χ1v) is 10.1. The third-order valence-electron chi connectivity index (χ3n) is 3.52. The zero-order valence-electron chi connectivity index (χ0n) is 13.1. The second-order valence-electron chi connectivity index (χ2n) is 5.38. The Morgan fingerprint density at radius 2 is 1.93 bits per heavy atom. The quantitative estimate of drug-likeness (QED) is 0.264. The van der Waals surface area contributed by atoms with Gasteiger partial charge in [0.25, 0.3) is 0 Å². The predicted molar refractivity (Wildman–Crippen MR) is 82.4 cm³/mol. The number of ether oxygens (including phenoxy) is 1. The first kappa shape index (κ1) is 20.2. The Morgan fingerprint density at radius 3 is 2.59 bits per heavy atom. The van der Waals surface area contributed by atoms with Crippen LogP contribution in [0.25, 0.3) is 11.2 Å². The van der Waals surface area contributed by atoms with E-state index in [9.17, 15) is 24.2 Å². The Morgan fingerprint density at radius 1 is 1.22 bits per heavy atom. The van der Waals surface area contributed by atoms with Crippen LogP contribution in [-0.2, 0) is 22.7 Å². The van der Waals surface area contributed by atoms with E-state index in [4.69, 9.17) is 20.3 Å². The van der Waals surface area contributed by atoms with Crippen molar-refractivity contribution in [3.63, 3.8) is 0 Å². The van der Waals surface area contributed by atoms with Crippen molar-refractivity contribution in [1.29, 1.82) is 0 Å². The topological polar surface area (TPSA) is 245 Å². The minimum atomic E-state index is -5.30. The summed E-state index contributed by atoms with van der Waals surface area (Å²) in [7, 11) is -10.4. The van der Waals surface area contributed by atoms with Crippen LogP contribution in [0.1, 0.15) is 6.23 Å². The van der Waals surface area contributed by atoms with E-state index in [1.54, 1.807) is 0 Å². The summed E-state index contributed by atoms with van der Waals surface area (Å²) in [4.78, 5) is 30.3. The zero-order valence-corrected chi connectivity index (χ0v) is 14.9. The van der Waals surface area contributed by atoms with E-state index >= 15 is 0 Å². The van der Waals surface area contributed by atoms with Crippen molar-refractivity contribution in [2.75, 3.05) is 12.3 Å². The Bertz CT molecular complexity index is 933. The highest BCUT2D eigenvalue weighted by Gasteiger charge is 2.46. The van der Waals surface area contributed by atoms with E-state index in [2.05, 4.69) is 29.2 Å². The van der Waals surface area contributed by atoms with E-state index in [-0.39, 0.29) is 17.0 Å². The van der Waals surface area contributed by atoms with E-state index in [0.29, 0.717) is 0 Å². The van der Waals surface area contributed by atoms with Gasteiger partial charge in [0.05, 0.1) is 12.9 Å². The van der Waals surface area contributed by atoms with Gasteiger partial charge in [-0.25, -0.2) is 14.1 Å². The maximum atomic E-state index is 11.5. The number of nitrogens with two attached hydrogens (primary N) is 1. The van der Waals surface area contributed by atoms with Gasteiger partial charge in [-0.3, -0.25) is 9.09 Å². The smallest absolute Gasteiger partial charge is 0.387 e. The minimum Gasteiger partial charge on any atom is -0.387 e.